The predicted molar refractivity (Wildman–Crippen MR) is 78.0 cm³/mol. The average molecular weight is 289 g/mol. The number of primary amides is 1. The zero-order valence-electron chi connectivity index (χ0n) is 12.3. The minimum absolute atomic E-state index is 0.152. The first-order valence-corrected chi connectivity index (χ1v) is 7.02. The molecule has 0 aliphatic carbocycles. The molecule has 1 aromatic carbocycles. The first-order valence-electron chi connectivity index (χ1n) is 7.02. The lowest BCUT2D eigenvalue weighted by Gasteiger charge is -2.26. The van der Waals surface area contributed by atoms with Crippen LogP contribution in [0.3, 0.4) is 0 Å². The first-order chi connectivity index (χ1) is 9.85. The molecule has 0 unspecified atom stereocenters. The molecule has 1 amide bonds. The highest BCUT2D eigenvalue weighted by Crippen LogP contribution is 2.29. The van der Waals surface area contributed by atoms with Gasteiger partial charge < -0.3 is 5.73 Å². The van der Waals surface area contributed by atoms with Gasteiger partial charge in [-0.15, -0.1) is 0 Å². The molecule has 0 radical (unpaired) electrons. The van der Waals surface area contributed by atoms with Crippen LogP contribution in [0.15, 0.2) is 24.3 Å². The summed E-state index contributed by atoms with van der Waals surface area (Å²) in [7, 11) is 0. The minimum atomic E-state index is -1.03. The van der Waals surface area contributed by atoms with Crippen molar-refractivity contribution in [3.8, 4) is 6.07 Å². The highest BCUT2D eigenvalue weighted by molar-refractivity contribution is 5.80. The summed E-state index contributed by atoms with van der Waals surface area (Å²) >= 11 is 0. The highest BCUT2D eigenvalue weighted by atomic mass is 19.1. The molecule has 1 heterocycles. The SMILES string of the molecule is CC(C)(C#N)c1ccccc1CN1C[C@H](F)C[C@H]1C(N)=O. The van der Waals surface area contributed by atoms with Gasteiger partial charge in [-0.2, -0.15) is 5.26 Å². The Morgan fingerprint density at radius 3 is 2.81 bits per heavy atom. The third-order valence-electron chi connectivity index (χ3n) is 4.02. The number of nitriles is 1. The quantitative estimate of drug-likeness (QED) is 0.920. The van der Waals surface area contributed by atoms with Crippen LogP contribution in [-0.4, -0.2) is 29.6 Å². The van der Waals surface area contributed by atoms with Crippen LogP contribution >= 0.6 is 0 Å². The number of amides is 1. The molecule has 0 saturated carbocycles. The first kappa shape index (κ1) is 15.5. The molecule has 0 spiro atoms. The van der Waals surface area contributed by atoms with E-state index >= 15 is 0 Å². The van der Waals surface area contributed by atoms with E-state index in [1.165, 1.54) is 0 Å². The van der Waals surface area contributed by atoms with Crippen molar-refractivity contribution in [2.75, 3.05) is 6.54 Å². The van der Waals surface area contributed by atoms with Crippen LogP contribution in [-0.2, 0) is 16.8 Å². The van der Waals surface area contributed by atoms with E-state index in [0.717, 1.165) is 11.1 Å². The average Bonchev–Trinajstić information content (AvgIpc) is 2.80. The molecule has 0 aromatic heterocycles. The summed E-state index contributed by atoms with van der Waals surface area (Å²) in [6.07, 6.45) is -0.877. The number of likely N-dealkylation sites (tertiary alicyclic amines) is 1. The van der Waals surface area contributed by atoms with Crippen molar-refractivity contribution in [1.82, 2.24) is 4.90 Å². The Balaban J connectivity index is 2.28. The van der Waals surface area contributed by atoms with Gasteiger partial charge in [0.25, 0.3) is 0 Å². The van der Waals surface area contributed by atoms with Gasteiger partial charge in [0.2, 0.25) is 5.91 Å². The summed E-state index contributed by atoms with van der Waals surface area (Å²) in [5.74, 6) is -0.493. The van der Waals surface area contributed by atoms with Crippen molar-refractivity contribution in [3.63, 3.8) is 0 Å². The fourth-order valence-corrected chi connectivity index (χ4v) is 2.87. The van der Waals surface area contributed by atoms with Crippen LogP contribution in [0.4, 0.5) is 4.39 Å². The maximum atomic E-state index is 13.6. The van der Waals surface area contributed by atoms with E-state index in [1.54, 1.807) is 4.90 Å². The third-order valence-corrected chi connectivity index (χ3v) is 4.02. The molecule has 1 fully saturated rings. The number of hydrogen-bond acceptors (Lipinski definition) is 3. The van der Waals surface area contributed by atoms with E-state index in [9.17, 15) is 14.4 Å². The second-order valence-electron chi connectivity index (χ2n) is 6.07. The van der Waals surface area contributed by atoms with Gasteiger partial charge in [0.15, 0.2) is 0 Å². The Kier molecular flexibility index (Phi) is 4.29. The highest BCUT2D eigenvalue weighted by Gasteiger charge is 2.36. The molecule has 1 aliphatic heterocycles. The molecule has 2 N–H and O–H groups in total. The number of benzene rings is 1. The summed E-state index contributed by atoms with van der Waals surface area (Å²) < 4.78 is 13.6. The molecular weight excluding hydrogens is 269 g/mol. The lowest BCUT2D eigenvalue weighted by Crippen LogP contribution is -2.40. The van der Waals surface area contributed by atoms with E-state index in [2.05, 4.69) is 6.07 Å². The van der Waals surface area contributed by atoms with E-state index in [1.807, 2.05) is 38.1 Å². The van der Waals surface area contributed by atoms with Crippen LogP contribution in [0.25, 0.3) is 0 Å². The van der Waals surface area contributed by atoms with Crippen LogP contribution in [0.2, 0.25) is 0 Å². The topological polar surface area (TPSA) is 70.1 Å². The number of nitrogens with zero attached hydrogens (tertiary/aromatic N) is 2. The van der Waals surface area contributed by atoms with Crippen molar-refractivity contribution < 1.29 is 9.18 Å². The molecule has 1 saturated heterocycles. The molecular formula is C16H20FN3O. The molecule has 1 aromatic rings. The van der Waals surface area contributed by atoms with Crippen molar-refractivity contribution in [1.29, 1.82) is 5.26 Å². The van der Waals surface area contributed by atoms with E-state index in [-0.39, 0.29) is 13.0 Å². The number of halogens is 1. The molecule has 2 atom stereocenters. The van der Waals surface area contributed by atoms with Crippen molar-refractivity contribution in [3.05, 3.63) is 35.4 Å². The number of nitrogens with two attached hydrogens (primary N) is 1. The maximum absolute atomic E-state index is 13.6. The Morgan fingerprint density at radius 1 is 1.52 bits per heavy atom. The smallest absolute Gasteiger partial charge is 0.234 e. The number of carbonyl (C=O) groups excluding carboxylic acids is 1. The Morgan fingerprint density at radius 2 is 2.19 bits per heavy atom. The Labute approximate surface area is 124 Å². The monoisotopic (exact) mass is 289 g/mol. The number of rotatable bonds is 4. The maximum Gasteiger partial charge on any atom is 0.234 e. The zero-order valence-corrected chi connectivity index (χ0v) is 12.3. The predicted octanol–water partition coefficient (Wildman–Crippen LogP) is 1.89. The van der Waals surface area contributed by atoms with Crippen molar-refractivity contribution in [2.24, 2.45) is 5.73 Å². The van der Waals surface area contributed by atoms with Gasteiger partial charge in [0.05, 0.1) is 17.5 Å². The van der Waals surface area contributed by atoms with E-state index in [4.69, 9.17) is 5.73 Å². The molecule has 112 valence electrons. The molecule has 2 rings (SSSR count). The fourth-order valence-electron chi connectivity index (χ4n) is 2.87. The summed E-state index contributed by atoms with van der Waals surface area (Å²) in [4.78, 5) is 13.2. The van der Waals surface area contributed by atoms with Crippen molar-refractivity contribution in [2.45, 2.75) is 44.4 Å². The Bertz CT molecular complexity index is 579. The van der Waals surface area contributed by atoms with Crippen LogP contribution in [0, 0.1) is 11.3 Å². The number of carbonyl (C=O) groups is 1. The molecule has 5 heteroatoms. The fraction of sp³-hybridized carbons (Fsp3) is 0.500. The van der Waals surface area contributed by atoms with Gasteiger partial charge in [-0.25, -0.2) is 4.39 Å². The van der Waals surface area contributed by atoms with Crippen LogP contribution in [0.1, 0.15) is 31.4 Å². The Hall–Kier alpha value is -1.93. The summed E-state index contributed by atoms with van der Waals surface area (Å²) in [5.41, 5.74) is 6.56. The number of alkyl halides is 1. The molecule has 21 heavy (non-hydrogen) atoms. The largest absolute Gasteiger partial charge is 0.368 e. The van der Waals surface area contributed by atoms with E-state index < -0.39 is 23.5 Å². The standard InChI is InChI=1S/C16H20FN3O/c1-16(2,10-18)13-6-4-3-5-11(13)8-20-9-12(17)7-14(20)15(19)21/h3-6,12,14H,7-9H2,1-2H3,(H2,19,21)/t12-,14+/m1/s1. The normalized spacial score (nSPS) is 23.0. The second-order valence-corrected chi connectivity index (χ2v) is 6.07. The molecule has 0 bridgehead atoms. The van der Waals surface area contributed by atoms with Crippen LogP contribution < -0.4 is 5.73 Å². The second kappa shape index (κ2) is 5.82. The van der Waals surface area contributed by atoms with Gasteiger partial charge in [0, 0.05) is 19.5 Å². The van der Waals surface area contributed by atoms with Gasteiger partial charge >= 0.3 is 0 Å². The van der Waals surface area contributed by atoms with Gasteiger partial charge in [-0.3, -0.25) is 9.69 Å². The zero-order chi connectivity index (χ0) is 15.6. The lowest BCUT2D eigenvalue weighted by atomic mass is 9.83. The summed E-state index contributed by atoms with van der Waals surface area (Å²) in [6, 6.07) is 9.29. The summed E-state index contributed by atoms with van der Waals surface area (Å²) in [6.45, 7) is 4.32. The minimum Gasteiger partial charge on any atom is -0.368 e. The van der Waals surface area contributed by atoms with E-state index in [0.29, 0.717) is 6.54 Å². The lowest BCUT2D eigenvalue weighted by molar-refractivity contribution is -0.122. The summed E-state index contributed by atoms with van der Waals surface area (Å²) in [5, 5.41) is 9.32. The van der Waals surface area contributed by atoms with Crippen LogP contribution in [0.5, 0.6) is 0 Å². The third kappa shape index (κ3) is 3.22. The van der Waals surface area contributed by atoms with Crippen molar-refractivity contribution >= 4 is 5.91 Å². The number of hydrogen-bond donors (Lipinski definition) is 1. The van der Waals surface area contributed by atoms with Gasteiger partial charge in [0.1, 0.15) is 6.17 Å². The van der Waals surface area contributed by atoms with Gasteiger partial charge in [-0.05, 0) is 25.0 Å². The van der Waals surface area contributed by atoms with Gasteiger partial charge in [-0.1, -0.05) is 24.3 Å². The molecule has 4 nitrogen and oxygen atoms in total. The molecule has 1 aliphatic rings.